The van der Waals surface area contributed by atoms with E-state index in [1.54, 1.807) is 0 Å². The summed E-state index contributed by atoms with van der Waals surface area (Å²) in [4.78, 5) is 0. The number of sulfonamides is 1. The third kappa shape index (κ3) is 4.53. The quantitative estimate of drug-likeness (QED) is 0.890. The molecule has 0 atom stereocenters. The zero-order valence-corrected chi connectivity index (χ0v) is 12.4. The largest absolute Gasteiger partial charge is 0.278 e. The lowest BCUT2D eigenvalue weighted by atomic mass is 10.2. The van der Waals surface area contributed by atoms with Gasteiger partial charge >= 0.3 is 0 Å². The molecule has 18 heavy (non-hydrogen) atoms. The maximum Gasteiger partial charge on any atom is 0.232 e. The molecule has 0 aliphatic carbocycles. The lowest BCUT2D eigenvalue weighted by Gasteiger charge is -2.11. The maximum absolute atomic E-state index is 13.4. The monoisotopic (exact) mass is 341 g/mol. The van der Waals surface area contributed by atoms with E-state index in [0.717, 1.165) is 12.1 Å². The first-order valence-corrected chi connectivity index (χ1v) is 7.81. The fraction of sp³-hybridized carbons (Fsp3) is 0.455. The second kappa shape index (κ2) is 5.97. The number of hydrogen-bond acceptors (Lipinski definition) is 2. The highest BCUT2D eigenvalue weighted by Crippen LogP contribution is 2.24. The third-order valence-corrected chi connectivity index (χ3v) is 3.97. The fourth-order valence-corrected chi connectivity index (χ4v) is 3.03. The number of rotatable bonds is 5. The van der Waals surface area contributed by atoms with E-state index in [2.05, 4.69) is 15.9 Å². The molecule has 1 aromatic carbocycles. The van der Waals surface area contributed by atoms with E-state index in [9.17, 15) is 17.2 Å². The van der Waals surface area contributed by atoms with Crippen LogP contribution in [0.2, 0.25) is 0 Å². The lowest BCUT2D eigenvalue weighted by molar-refractivity contribution is 0.571. The second-order valence-electron chi connectivity index (χ2n) is 4.35. The zero-order valence-electron chi connectivity index (χ0n) is 10.0. The molecule has 0 aliphatic heterocycles. The van der Waals surface area contributed by atoms with Crippen LogP contribution in [-0.2, 0) is 10.0 Å². The molecule has 0 aliphatic rings. The lowest BCUT2D eigenvalue weighted by Crippen LogP contribution is -2.19. The van der Waals surface area contributed by atoms with Gasteiger partial charge in [0.2, 0.25) is 10.0 Å². The highest BCUT2D eigenvalue weighted by atomic mass is 79.9. The van der Waals surface area contributed by atoms with Gasteiger partial charge < -0.3 is 0 Å². The van der Waals surface area contributed by atoms with Crippen LogP contribution in [0.3, 0.4) is 0 Å². The molecular formula is C11H14BrF2NO2S. The number of hydrogen-bond donors (Lipinski definition) is 1. The number of nitrogens with one attached hydrogen (secondary N) is 1. The van der Waals surface area contributed by atoms with Gasteiger partial charge in [0.25, 0.3) is 0 Å². The Morgan fingerprint density at radius 2 is 1.78 bits per heavy atom. The molecule has 0 saturated heterocycles. The van der Waals surface area contributed by atoms with E-state index in [4.69, 9.17) is 0 Å². The SMILES string of the molecule is CC(C)CCS(=O)(=O)Nc1c(F)cc(Br)cc1F. The van der Waals surface area contributed by atoms with Crippen molar-refractivity contribution in [2.24, 2.45) is 5.92 Å². The van der Waals surface area contributed by atoms with E-state index in [-0.39, 0.29) is 16.1 Å². The van der Waals surface area contributed by atoms with Gasteiger partial charge in [-0.05, 0) is 24.5 Å². The van der Waals surface area contributed by atoms with E-state index in [0.29, 0.717) is 6.42 Å². The van der Waals surface area contributed by atoms with Crippen molar-refractivity contribution in [2.75, 3.05) is 10.5 Å². The third-order valence-electron chi connectivity index (χ3n) is 2.23. The minimum Gasteiger partial charge on any atom is -0.278 e. The highest BCUT2D eigenvalue weighted by molar-refractivity contribution is 9.10. The van der Waals surface area contributed by atoms with Crippen molar-refractivity contribution in [1.82, 2.24) is 0 Å². The average Bonchev–Trinajstić information content (AvgIpc) is 2.21. The Bertz CT molecular complexity index is 509. The maximum atomic E-state index is 13.4. The van der Waals surface area contributed by atoms with Crippen LogP contribution in [0.1, 0.15) is 20.3 Å². The highest BCUT2D eigenvalue weighted by Gasteiger charge is 2.18. The van der Waals surface area contributed by atoms with Crippen molar-refractivity contribution in [2.45, 2.75) is 20.3 Å². The molecule has 0 aromatic heterocycles. The number of benzene rings is 1. The summed E-state index contributed by atoms with van der Waals surface area (Å²) in [6, 6.07) is 2.01. The summed E-state index contributed by atoms with van der Waals surface area (Å²) in [6.07, 6.45) is 0.426. The first-order chi connectivity index (χ1) is 8.21. The molecule has 102 valence electrons. The van der Waals surface area contributed by atoms with Gasteiger partial charge in [-0.1, -0.05) is 29.8 Å². The molecule has 3 nitrogen and oxygen atoms in total. The van der Waals surface area contributed by atoms with Crippen LogP contribution in [0, 0.1) is 17.6 Å². The van der Waals surface area contributed by atoms with Gasteiger partial charge in [0, 0.05) is 4.47 Å². The topological polar surface area (TPSA) is 46.2 Å². The summed E-state index contributed by atoms with van der Waals surface area (Å²) in [5.74, 6) is -1.87. The summed E-state index contributed by atoms with van der Waals surface area (Å²) in [7, 11) is -3.73. The molecule has 0 saturated carbocycles. The van der Waals surface area contributed by atoms with Crippen LogP contribution in [0.25, 0.3) is 0 Å². The van der Waals surface area contributed by atoms with Crippen LogP contribution in [0.4, 0.5) is 14.5 Å². The second-order valence-corrected chi connectivity index (χ2v) is 7.11. The van der Waals surface area contributed by atoms with Gasteiger partial charge in [0.1, 0.15) is 5.69 Å². The van der Waals surface area contributed by atoms with Crippen molar-refractivity contribution in [1.29, 1.82) is 0 Å². The Morgan fingerprint density at radius 3 is 2.22 bits per heavy atom. The first-order valence-electron chi connectivity index (χ1n) is 5.36. The van der Waals surface area contributed by atoms with Crippen molar-refractivity contribution >= 4 is 31.6 Å². The van der Waals surface area contributed by atoms with Crippen LogP contribution in [0.15, 0.2) is 16.6 Å². The van der Waals surface area contributed by atoms with Crippen LogP contribution in [0.5, 0.6) is 0 Å². The Morgan fingerprint density at radius 1 is 1.28 bits per heavy atom. The van der Waals surface area contributed by atoms with Gasteiger partial charge in [-0.2, -0.15) is 0 Å². The molecule has 1 aromatic rings. The summed E-state index contributed by atoms with van der Waals surface area (Å²) in [5.41, 5.74) is -0.637. The van der Waals surface area contributed by atoms with E-state index < -0.39 is 27.3 Å². The molecule has 1 N–H and O–H groups in total. The molecule has 0 fully saturated rings. The molecule has 0 heterocycles. The molecule has 0 bridgehead atoms. The van der Waals surface area contributed by atoms with Crippen LogP contribution >= 0.6 is 15.9 Å². The Balaban J connectivity index is 2.91. The molecule has 0 unspecified atom stereocenters. The van der Waals surface area contributed by atoms with E-state index in [1.807, 2.05) is 18.6 Å². The first kappa shape index (κ1) is 15.4. The number of halogens is 3. The van der Waals surface area contributed by atoms with Gasteiger partial charge in [-0.25, -0.2) is 17.2 Å². The van der Waals surface area contributed by atoms with E-state index >= 15 is 0 Å². The Hall–Kier alpha value is -0.690. The smallest absolute Gasteiger partial charge is 0.232 e. The summed E-state index contributed by atoms with van der Waals surface area (Å²) in [6.45, 7) is 3.74. The molecule has 0 radical (unpaired) electrons. The summed E-state index contributed by atoms with van der Waals surface area (Å²) >= 11 is 2.92. The Labute approximate surface area is 114 Å². The molecule has 1 rings (SSSR count). The van der Waals surface area contributed by atoms with Crippen LogP contribution < -0.4 is 4.72 Å². The van der Waals surface area contributed by atoms with Gasteiger partial charge in [-0.3, -0.25) is 4.72 Å². The Kier molecular flexibility index (Phi) is 5.10. The van der Waals surface area contributed by atoms with Gasteiger partial charge in [0.05, 0.1) is 5.75 Å². The van der Waals surface area contributed by atoms with Crippen molar-refractivity contribution in [3.05, 3.63) is 28.2 Å². The normalized spacial score (nSPS) is 11.9. The predicted octanol–water partition coefficient (Wildman–Crippen LogP) is 3.52. The fourth-order valence-electron chi connectivity index (χ4n) is 1.24. The standard InChI is InChI=1S/C11H14BrF2NO2S/c1-7(2)3-4-18(16,17)15-11-9(13)5-8(12)6-10(11)14/h5-7,15H,3-4H2,1-2H3. The van der Waals surface area contributed by atoms with Crippen molar-refractivity contribution < 1.29 is 17.2 Å². The zero-order chi connectivity index (χ0) is 13.9. The predicted molar refractivity (Wildman–Crippen MR) is 70.9 cm³/mol. The van der Waals surface area contributed by atoms with Crippen LogP contribution in [-0.4, -0.2) is 14.2 Å². The van der Waals surface area contributed by atoms with Gasteiger partial charge in [0.15, 0.2) is 11.6 Å². The van der Waals surface area contributed by atoms with Gasteiger partial charge in [-0.15, -0.1) is 0 Å². The minimum absolute atomic E-state index is 0.167. The molecule has 0 amide bonds. The van der Waals surface area contributed by atoms with E-state index in [1.165, 1.54) is 0 Å². The molecular weight excluding hydrogens is 328 g/mol. The minimum atomic E-state index is -3.73. The summed E-state index contributed by atoms with van der Waals surface area (Å²) < 4.78 is 52.3. The molecule has 7 heteroatoms. The number of anilines is 1. The van der Waals surface area contributed by atoms with Crippen molar-refractivity contribution in [3.8, 4) is 0 Å². The molecule has 0 spiro atoms. The average molecular weight is 342 g/mol. The summed E-state index contributed by atoms with van der Waals surface area (Å²) in [5, 5.41) is 0. The van der Waals surface area contributed by atoms with Crippen molar-refractivity contribution in [3.63, 3.8) is 0 Å².